The Labute approximate surface area is 157 Å². The first-order valence-electron chi connectivity index (χ1n) is 8.64. The molecular weight excluding hydrogens is 378 g/mol. The van der Waals surface area contributed by atoms with Crippen LogP contribution in [-0.2, 0) is 18.7 Å². The summed E-state index contributed by atoms with van der Waals surface area (Å²) in [6.45, 7) is 10.7. The Balaban J connectivity index is 2.47. The van der Waals surface area contributed by atoms with Crippen molar-refractivity contribution in [3.05, 3.63) is 29.8 Å². The molecule has 0 unspecified atom stereocenters. The Morgan fingerprint density at radius 3 is 2.12 bits per heavy atom. The van der Waals surface area contributed by atoms with Crippen molar-refractivity contribution in [3.8, 4) is 0 Å². The molecule has 0 spiro atoms. The summed E-state index contributed by atoms with van der Waals surface area (Å²) in [5, 5.41) is -0.145. The highest BCUT2D eigenvalue weighted by atomic mass is 32.2. The van der Waals surface area contributed by atoms with Crippen LogP contribution in [0.3, 0.4) is 0 Å². The molecule has 0 aliphatic rings. The normalized spacial score (nSPS) is 13.8. The van der Waals surface area contributed by atoms with E-state index in [2.05, 4.69) is 0 Å². The molecule has 0 fully saturated rings. The van der Waals surface area contributed by atoms with Crippen LogP contribution in [0, 0.1) is 6.92 Å². The number of halogens is 2. The third-order valence-electron chi connectivity index (χ3n) is 4.69. The van der Waals surface area contributed by atoms with Gasteiger partial charge in [0.15, 0.2) is 8.32 Å². The molecule has 0 aliphatic carbocycles. The van der Waals surface area contributed by atoms with Crippen molar-refractivity contribution in [3.63, 3.8) is 0 Å². The van der Waals surface area contributed by atoms with Gasteiger partial charge >= 0.3 is 0 Å². The van der Waals surface area contributed by atoms with Gasteiger partial charge in [-0.1, -0.05) is 38.5 Å². The SMILES string of the molecule is Cc1ccc(S(=O)(=O)OCCCC(F)(F)CO[Si](C)(C)C(C)(C)C)cc1. The fourth-order valence-corrected chi connectivity index (χ4v) is 3.79. The van der Waals surface area contributed by atoms with Gasteiger partial charge in [-0.2, -0.15) is 8.42 Å². The summed E-state index contributed by atoms with van der Waals surface area (Å²) in [6, 6.07) is 6.18. The number of aryl methyl sites for hydroxylation is 1. The maximum atomic E-state index is 14.0. The molecule has 1 rings (SSSR count). The lowest BCUT2D eigenvalue weighted by Crippen LogP contribution is -2.44. The van der Waals surface area contributed by atoms with E-state index in [1.165, 1.54) is 12.1 Å². The molecular formula is C18H30F2O4SSi. The minimum Gasteiger partial charge on any atom is -0.411 e. The van der Waals surface area contributed by atoms with E-state index >= 15 is 0 Å². The second kappa shape index (κ2) is 8.46. The average molecular weight is 409 g/mol. The number of alkyl halides is 2. The van der Waals surface area contributed by atoms with Gasteiger partial charge in [0.1, 0.15) is 0 Å². The lowest BCUT2D eigenvalue weighted by Gasteiger charge is -2.37. The molecule has 1 aromatic carbocycles. The molecule has 150 valence electrons. The molecule has 0 heterocycles. The molecule has 0 N–H and O–H groups in total. The molecule has 0 saturated carbocycles. The van der Waals surface area contributed by atoms with Crippen molar-refractivity contribution in [1.82, 2.24) is 0 Å². The number of hydrogen-bond acceptors (Lipinski definition) is 4. The molecule has 0 saturated heterocycles. The maximum absolute atomic E-state index is 14.0. The van der Waals surface area contributed by atoms with E-state index in [9.17, 15) is 17.2 Å². The highest BCUT2D eigenvalue weighted by Gasteiger charge is 2.40. The van der Waals surface area contributed by atoms with Gasteiger partial charge < -0.3 is 4.43 Å². The highest BCUT2D eigenvalue weighted by molar-refractivity contribution is 7.86. The fraction of sp³-hybridized carbons (Fsp3) is 0.667. The van der Waals surface area contributed by atoms with Crippen molar-refractivity contribution >= 4 is 18.4 Å². The number of hydrogen-bond donors (Lipinski definition) is 0. The quantitative estimate of drug-likeness (QED) is 0.323. The summed E-state index contributed by atoms with van der Waals surface area (Å²) in [6.07, 6.45) is -0.552. The van der Waals surface area contributed by atoms with E-state index < -0.39 is 37.4 Å². The Morgan fingerprint density at radius 1 is 1.08 bits per heavy atom. The van der Waals surface area contributed by atoms with Gasteiger partial charge in [-0.25, -0.2) is 8.78 Å². The van der Waals surface area contributed by atoms with Gasteiger partial charge in [0, 0.05) is 6.42 Å². The van der Waals surface area contributed by atoms with Crippen LogP contribution < -0.4 is 0 Å². The molecule has 4 nitrogen and oxygen atoms in total. The van der Waals surface area contributed by atoms with Gasteiger partial charge in [-0.3, -0.25) is 4.18 Å². The fourth-order valence-electron chi connectivity index (χ4n) is 1.85. The predicted octanol–water partition coefficient (Wildman–Crippen LogP) is 5.14. The molecule has 0 aromatic heterocycles. The molecule has 0 radical (unpaired) electrons. The minimum atomic E-state index is -3.92. The number of benzene rings is 1. The zero-order chi connectivity index (χ0) is 20.2. The van der Waals surface area contributed by atoms with E-state index in [4.69, 9.17) is 8.61 Å². The zero-order valence-corrected chi connectivity index (χ0v) is 18.3. The van der Waals surface area contributed by atoms with Crippen LogP contribution >= 0.6 is 0 Å². The molecule has 0 amide bonds. The highest BCUT2D eigenvalue weighted by Crippen LogP contribution is 2.37. The molecule has 0 aliphatic heterocycles. The Bertz CT molecular complexity index is 680. The van der Waals surface area contributed by atoms with E-state index in [0.29, 0.717) is 0 Å². The lowest BCUT2D eigenvalue weighted by molar-refractivity contribution is -0.0547. The second-order valence-electron chi connectivity index (χ2n) is 8.10. The first-order chi connectivity index (χ1) is 11.7. The van der Waals surface area contributed by atoms with Crippen LogP contribution in [0.25, 0.3) is 0 Å². The second-order valence-corrected chi connectivity index (χ2v) is 14.5. The van der Waals surface area contributed by atoms with Crippen molar-refractivity contribution in [2.75, 3.05) is 13.2 Å². The van der Waals surface area contributed by atoms with Crippen LogP contribution in [0.2, 0.25) is 18.1 Å². The van der Waals surface area contributed by atoms with Gasteiger partial charge in [-0.05, 0) is 43.6 Å². The summed E-state index contributed by atoms with van der Waals surface area (Å²) in [7, 11) is -6.17. The summed E-state index contributed by atoms with van der Waals surface area (Å²) in [5.74, 6) is -3.01. The van der Waals surface area contributed by atoms with Crippen LogP contribution in [0.1, 0.15) is 39.2 Å². The minimum absolute atomic E-state index is 0.0242. The first kappa shape index (κ1) is 23.2. The molecule has 0 bridgehead atoms. The standard InChI is InChI=1S/C18H30F2O4SSi/c1-15-8-10-16(11-9-15)25(21,22)23-13-7-12-18(19,20)14-24-26(5,6)17(2,3)4/h8-11H,7,12-14H2,1-6H3. The summed E-state index contributed by atoms with van der Waals surface area (Å²) in [4.78, 5) is 0.0242. The summed E-state index contributed by atoms with van der Waals surface area (Å²) < 4.78 is 62.5. The third kappa shape index (κ3) is 7.06. The number of rotatable bonds is 9. The van der Waals surface area contributed by atoms with E-state index in [-0.39, 0.29) is 23.0 Å². The Kier molecular flexibility index (Phi) is 7.55. The molecule has 26 heavy (non-hydrogen) atoms. The van der Waals surface area contributed by atoms with Gasteiger partial charge in [-0.15, -0.1) is 0 Å². The van der Waals surface area contributed by atoms with E-state index in [1.54, 1.807) is 12.1 Å². The molecule has 0 atom stereocenters. The Morgan fingerprint density at radius 2 is 1.62 bits per heavy atom. The van der Waals surface area contributed by atoms with Gasteiger partial charge in [0.05, 0.1) is 18.1 Å². The predicted molar refractivity (Wildman–Crippen MR) is 102 cm³/mol. The molecule has 1 aromatic rings. The average Bonchev–Trinajstić information content (AvgIpc) is 2.49. The van der Waals surface area contributed by atoms with E-state index in [0.717, 1.165) is 5.56 Å². The van der Waals surface area contributed by atoms with Gasteiger partial charge in [0.25, 0.3) is 16.0 Å². The van der Waals surface area contributed by atoms with Crippen LogP contribution in [0.5, 0.6) is 0 Å². The van der Waals surface area contributed by atoms with Crippen molar-refractivity contribution in [2.45, 2.75) is 69.5 Å². The van der Waals surface area contributed by atoms with Crippen molar-refractivity contribution < 1.29 is 25.8 Å². The van der Waals surface area contributed by atoms with Gasteiger partial charge in [0.2, 0.25) is 0 Å². The topological polar surface area (TPSA) is 52.6 Å². The zero-order valence-electron chi connectivity index (χ0n) is 16.4. The third-order valence-corrected chi connectivity index (χ3v) is 10.5. The van der Waals surface area contributed by atoms with Crippen LogP contribution in [-0.4, -0.2) is 35.9 Å². The van der Waals surface area contributed by atoms with Crippen LogP contribution in [0.4, 0.5) is 8.78 Å². The Hall–Kier alpha value is -0.833. The first-order valence-corrected chi connectivity index (χ1v) is 13.0. The van der Waals surface area contributed by atoms with E-state index in [1.807, 2.05) is 40.8 Å². The largest absolute Gasteiger partial charge is 0.411 e. The molecule has 8 heteroatoms. The van der Waals surface area contributed by atoms with Crippen molar-refractivity contribution in [1.29, 1.82) is 0 Å². The monoisotopic (exact) mass is 408 g/mol. The van der Waals surface area contributed by atoms with Crippen molar-refractivity contribution in [2.24, 2.45) is 0 Å². The summed E-state index contributed by atoms with van der Waals surface area (Å²) in [5.41, 5.74) is 0.922. The summed E-state index contributed by atoms with van der Waals surface area (Å²) >= 11 is 0. The lowest BCUT2D eigenvalue weighted by atomic mass is 10.2. The smallest absolute Gasteiger partial charge is 0.296 e. The van der Waals surface area contributed by atoms with Crippen LogP contribution in [0.15, 0.2) is 29.2 Å². The maximum Gasteiger partial charge on any atom is 0.296 e.